The topological polar surface area (TPSA) is 202 Å². The number of nitrogens with one attached hydrogen (secondary N) is 5. The van der Waals surface area contributed by atoms with E-state index in [1.807, 2.05) is 18.2 Å². The first-order chi connectivity index (χ1) is 31.8. The number of amides is 5. The molecule has 0 radical (unpaired) electrons. The van der Waals surface area contributed by atoms with Gasteiger partial charge in [-0.1, -0.05) is 84.3 Å². The quantitative estimate of drug-likeness (QED) is 0.102. The van der Waals surface area contributed by atoms with Gasteiger partial charge in [0.05, 0.1) is 16.6 Å². The van der Waals surface area contributed by atoms with Gasteiger partial charge in [0, 0.05) is 77.8 Å². The number of likely N-dealkylation sites (N-methyl/N-ethyl adjacent to an activating group) is 1. The summed E-state index contributed by atoms with van der Waals surface area (Å²) >= 11 is 11.9. The van der Waals surface area contributed by atoms with E-state index in [2.05, 4.69) is 47.5 Å². The Balaban J connectivity index is 1.60. The number of para-hydroxylation sites is 1. The second-order valence-corrected chi connectivity index (χ2v) is 21.9. The van der Waals surface area contributed by atoms with Gasteiger partial charge in [-0.3, -0.25) is 23.7 Å². The first-order valence-electron chi connectivity index (χ1n) is 22.6. The molecular weight excluding hydrogens is 976 g/mol. The van der Waals surface area contributed by atoms with Crippen molar-refractivity contribution in [2.24, 2.45) is 5.41 Å². The predicted octanol–water partition coefficient (Wildman–Crippen LogP) is 7.89. The number of pyridine rings is 1. The van der Waals surface area contributed by atoms with Crippen LogP contribution in [0.15, 0.2) is 75.3 Å². The Bertz CT molecular complexity index is 2500. The highest BCUT2D eigenvalue weighted by Gasteiger charge is 2.35. The Morgan fingerprint density at radius 3 is 2.26 bits per heavy atom. The third-order valence-electron chi connectivity index (χ3n) is 10.8. The number of carbonyl (C=O) groups is 6. The first kappa shape index (κ1) is 53.8. The van der Waals surface area contributed by atoms with E-state index >= 15 is 4.79 Å². The van der Waals surface area contributed by atoms with E-state index in [1.165, 1.54) is 28.3 Å². The van der Waals surface area contributed by atoms with E-state index in [1.54, 1.807) is 105 Å². The van der Waals surface area contributed by atoms with Crippen molar-refractivity contribution in [1.29, 1.82) is 0 Å². The van der Waals surface area contributed by atoms with Crippen LogP contribution in [-0.2, 0) is 48.2 Å². The van der Waals surface area contributed by atoms with E-state index in [9.17, 15) is 24.0 Å². The number of benzene rings is 2. The Morgan fingerprint density at radius 2 is 1.57 bits per heavy atom. The fourth-order valence-corrected chi connectivity index (χ4v) is 9.22. The number of carbonyl (C=O) groups excluding carboxylic acids is 6. The van der Waals surface area contributed by atoms with Crippen molar-refractivity contribution < 1.29 is 38.2 Å². The lowest BCUT2D eigenvalue weighted by Gasteiger charge is -2.32. The van der Waals surface area contributed by atoms with E-state index in [0.717, 1.165) is 5.56 Å². The van der Waals surface area contributed by atoms with Gasteiger partial charge >= 0.3 is 12.2 Å². The molecule has 0 saturated heterocycles. The summed E-state index contributed by atoms with van der Waals surface area (Å²) in [7, 11) is 1.50. The Labute approximate surface area is 416 Å². The average molecular weight is 1040 g/mol. The highest BCUT2D eigenvalue weighted by atomic mass is 79.9. The molecule has 2 aromatic carbocycles. The third-order valence-corrected chi connectivity index (χ3v) is 13.2. The van der Waals surface area contributed by atoms with Crippen LogP contribution in [0.4, 0.5) is 9.59 Å². The smallest absolute Gasteiger partial charge is 0.419 e. The Morgan fingerprint density at radius 1 is 0.868 bits per heavy atom. The van der Waals surface area contributed by atoms with E-state index in [-0.39, 0.29) is 57.8 Å². The molecule has 0 saturated carbocycles. The summed E-state index contributed by atoms with van der Waals surface area (Å²) in [4.78, 5) is 90.2. The van der Waals surface area contributed by atoms with Crippen molar-refractivity contribution in [1.82, 2.24) is 41.0 Å². The largest absolute Gasteiger partial charge is 0.444 e. The van der Waals surface area contributed by atoms with Gasteiger partial charge in [-0.05, 0) is 96.2 Å². The number of halogens is 2. The summed E-state index contributed by atoms with van der Waals surface area (Å²) in [5.41, 5.74) is 0.345. The zero-order valence-electron chi connectivity index (χ0n) is 40.4. The van der Waals surface area contributed by atoms with Crippen molar-refractivity contribution in [2.45, 2.75) is 140 Å². The molecule has 16 nitrogen and oxygen atoms in total. The van der Waals surface area contributed by atoms with Crippen LogP contribution in [0.3, 0.4) is 0 Å². The minimum Gasteiger partial charge on any atom is -0.444 e. The first-order valence-corrected chi connectivity index (χ1v) is 24.6. The number of alkyl carbamates (subject to hydrolysis) is 1. The molecule has 5 N–H and O–H groups in total. The van der Waals surface area contributed by atoms with Gasteiger partial charge in [0.2, 0.25) is 23.6 Å². The number of aromatic nitrogens is 2. The number of fused-ring (bicyclic) bond motifs is 3. The Kier molecular flexibility index (Phi) is 18.2. The van der Waals surface area contributed by atoms with Gasteiger partial charge in [-0.2, -0.15) is 0 Å². The van der Waals surface area contributed by atoms with Crippen molar-refractivity contribution >= 4 is 86.0 Å². The molecule has 0 bridgehead atoms. The molecule has 1 aliphatic rings. The molecule has 5 rings (SSSR count). The molecule has 19 heteroatoms. The van der Waals surface area contributed by atoms with Gasteiger partial charge in [0.15, 0.2) is 0 Å². The van der Waals surface area contributed by atoms with Crippen LogP contribution >= 0.6 is 39.3 Å². The number of ether oxygens (including phenoxy) is 2. The summed E-state index contributed by atoms with van der Waals surface area (Å²) < 4.78 is 13.2. The van der Waals surface area contributed by atoms with Crippen molar-refractivity contribution in [3.05, 3.63) is 87.1 Å². The fraction of sp³-hybridized carbons (Fsp3) is 0.490. The maximum absolute atomic E-state index is 15.0. The summed E-state index contributed by atoms with van der Waals surface area (Å²) in [6.45, 7) is 16.4. The van der Waals surface area contributed by atoms with E-state index in [4.69, 9.17) is 21.1 Å². The maximum atomic E-state index is 15.0. The second-order valence-electron chi connectivity index (χ2n) is 19.7. The van der Waals surface area contributed by atoms with Gasteiger partial charge < -0.3 is 41.0 Å². The molecule has 4 aromatic rings. The lowest BCUT2D eigenvalue weighted by Crippen LogP contribution is -2.57. The average Bonchev–Trinajstić information content (AvgIpc) is 3.62. The summed E-state index contributed by atoms with van der Waals surface area (Å²) in [6.07, 6.45) is 2.44. The molecule has 3 atom stereocenters. The van der Waals surface area contributed by atoms with Crippen molar-refractivity contribution in [2.75, 3.05) is 20.1 Å². The molecule has 0 aliphatic carbocycles. The SMILES string of the molecule is CN1C(=O)[C@H](CCCNC(=O)OC(C)(C)C)NC(=O)[C@H](CCNC(=O)C(C)(C)C)NCc2cccnc2Sc2c(Cl)ccc(Br)c2CNC(=O)[C@@H]1Cc1cn(C(=O)OC(C)(C)C)c2ccccc12. The Hall–Kier alpha value is -5.17. The molecule has 368 valence electrons. The number of hydrogen-bond acceptors (Lipinski definition) is 11. The highest BCUT2D eigenvalue weighted by molar-refractivity contribution is 9.10. The van der Waals surface area contributed by atoms with Gasteiger partial charge in [0.25, 0.3) is 0 Å². The molecular formula is C49H64BrClN8O8S. The zero-order valence-corrected chi connectivity index (χ0v) is 43.6. The minimum atomic E-state index is -1.19. The monoisotopic (exact) mass is 1040 g/mol. The van der Waals surface area contributed by atoms with Crippen LogP contribution < -0.4 is 26.6 Å². The molecule has 0 fully saturated rings. The standard InChI is InChI=1S/C49H64BrClN8O8S/c1-47(2,3)44(63)53-24-21-35-40(60)57-36(17-14-23-54-45(64)66-48(4,5)6)43(62)58(10)38(25-30-28-59(46(65)67-49(7,8)9)37-18-12-11-16-31(30)37)41(61)56-27-32-33(50)19-20-34(51)39(32)68-42-29(26-55-35)15-13-22-52-42/h11-13,15-16,18-20,22,28,35-36,38,55H,14,17,21,23-27H2,1-10H3,(H,53,63)(H,54,64)(H,56,61)(H,57,60)/t35-,36-,38-/m0/s1. The maximum Gasteiger partial charge on any atom is 0.419 e. The molecule has 0 spiro atoms. The minimum absolute atomic E-state index is 0.000214. The third kappa shape index (κ3) is 14.9. The van der Waals surface area contributed by atoms with Gasteiger partial charge in [-0.25, -0.2) is 14.6 Å². The molecule has 3 heterocycles. The predicted molar refractivity (Wildman–Crippen MR) is 266 cm³/mol. The second kappa shape index (κ2) is 23.0. The number of rotatable bonds is 9. The molecule has 68 heavy (non-hydrogen) atoms. The molecule has 2 aromatic heterocycles. The summed E-state index contributed by atoms with van der Waals surface area (Å²) in [5, 5.41) is 16.7. The zero-order chi connectivity index (χ0) is 50.1. The normalized spacial score (nSPS) is 17.9. The van der Waals surface area contributed by atoms with E-state index < -0.39 is 64.7 Å². The van der Waals surface area contributed by atoms with Crippen LogP contribution in [0.25, 0.3) is 10.9 Å². The molecule has 1 aliphatic heterocycles. The van der Waals surface area contributed by atoms with E-state index in [0.29, 0.717) is 41.4 Å². The number of hydrogen-bond donors (Lipinski definition) is 5. The summed E-state index contributed by atoms with van der Waals surface area (Å²) in [6, 6.07) is 11.1. The number of nitrogens with zero attached hydrogens (tertiary/aromatic N) is 3. The molecule has 0 unspecified atom stereocenters. The highest BCUT2D eigenvalue weighted by Crippen LogP contribution is 2.40. The van der Waals surface area contributed by atoms with Crippen LogP contribution in [0.2, 0.25) is 5.02 Å². The van der Waals surface area contributed by atoms with Crippen molar-refractivity contribution in [3.63, 3.8) is 0 Å². The molecule has 5 amide bonds. The van der Waals surface area contributed by atoms with Crippen LogP contribution in [0.1, 0.15) is 98.3 Å². The van der Waals surface area contributed by atoms with Gasteiger partial charge in [0.1, 0.15) is 28.3 Å². The van der Waals surface area contributed by atoms with Crippen molar-refractivity contribution in [3.8, 4) is 0 Å². The lowest BCUT2D eigenvalue weighted by molar-refractivity contribution is -0.142. The van der Waals surface area contributed by atoms with Crippen LogP contribution in [0, 0.1) is 5.41 Å². The van der Waals surface area contributed by atoms with Crippen LogP contribution in [0.5, 0.6) is 0 Å². The lowest BCUT2D eigenvalue weighted by atomic mass is 9.95. The fourth-order valence-electron chi connectivity index (χ4n) is 7.27. The van der Waals surface area contributed by atoms with Crippen LogP contribution in [-0.4, -0.2) is 99.7 Å². The summed E-state index contributed by atoms with van der Waals surface area (Å²) in [5.74, 6) is -1.82. The van der Waals surface area contributed by atoms with Gasteiger partial charge in [-0.15, -0.1) is 0 Å².